The number of ether oxygens (including phenoxy) is 1. The quantitative estimate of drug-likeness (QED) is 0.441. The normalized spacial score (nSPS) is 16.9. The number of aryl methyl sites for hydroxylation is 1. The standard InChI is InChI=1S/C27H26N4O5/c1-17-7-6-8-19(15-17)28-24(33)21-9-4-5-10-22(21)29-23(32)16-31-25(34)27(2,30-26(31)35)18-11-13-20(36-3)14-12-18/h4-15H,16H2,1-3H3,(H,28,33)(H,29,32)(H,30,35). The maximum atomic E-state index is 13.2. The molecule has 3 aromatic rings. The Morgan fingerprint density at radius 1 is 0.972 bits per heavy atom. The molecule has 1 saturated heterocycles. The number of para-hydroxylation sites is 1. The summed E-state index contributed by atoms with van der Waals surface area (Å²) in [5.74, 6) is -0.967. The van der Waals surface area contributed by atoms with Crippen LogP contribution in [-0.4, -0.2) is 42.3 Å². The fourth-order valence-corrected chi connectivity index (χ4v) is 4.01. The third kappa shape index (κ3) is 4.90. The van der Waals surface area contributed by atoms with Crippen molar-refractivity contribution in [2.45, 2.75) is 19.4 Å². The van der Waals surface area contributed by atoms with Crippen LogP contribution in [0.3, 0.4) is 0 Å². The van der Waals surface area contributed by atoms with E-state index in [1.54, 1.807) is 61.5 Å². The third-order valence-corrected chi connectivity index (χ3v) is 5.97. The summed E-state index contributed by atoms with van der Waals surface area (Å²) in [4.78, 5) is 52.3. The van der Waals surface area contributed by atoms with Crippen molar-refractivity contribution in [1.82, 2.24) is 10.2 Å². The Morgan fingerprint density at radius 3 is 2.39 bits per heavy atom. The molecule has 1 aliphatic rings. The zero-order valence-corrected chi connectivity index (χ0v) is 20.1. The molecule has 1 aliphatic heterocycles. The monoisotopic (exact) mass is 486 g/mol. The van der Waals surface area contributed by atoms with Crippen molar-refractivity contribution in [3.8, 4) is 5.75 Å². The van der Waals surface area contributed by atoms with Crippen LogP contribution in [0.25, 0.3) is 0 Å². The van der Waals surface area contributed by atoms with E-state index in [1.807, 2.05) is 25.1 Å². The number of benzene rings is 3. The van der Waals surface area contributed by atoms with Gasteiger partial charge >= 0.3 is 6.03 Å². The molecular weight excluding hydrogens is 460 g/mol. The molecule has 0 aliphatic carbocycles. The summed E-state index contributed by atoms with van der Waals surface area (Å²) >= 11 is 0. The zero-order valence-electron chi connectivity index (χ0n) is 20.1. The first-order valence-electron chi connectivity index (χ1n) is 11.3. The fourth-order valence-electron chi connectivity index (χ4n) is 4.01. The lowest BCUT2D eigenvalue weighted by Gasteiger charge is -2.22. The van der Waals surface area contributed by atoms with Crippen LogP contribution in [0, 0.1) is 6.92 Å². The van der Waals surface area contributed by atoms with E-state index in [9.17, 15) is 19.2 Å². The number of hydrogen-bond acceptors (Lipinski definition) is 5. The molecule has 1 heterocycles. The average Bonchev–Trinajstić information content (AvgIpc) is 3.08. The minimum atomic E-state index is -1.32. The van der Waals surface area contributed by atoms with Crippen molar-refractivity contribution in [2.24, 2.45) is 0 Å². The Hall–Kier alpha value is -4.66. The Morgan fingerprint density at radius 2 is 1.69 bits per heavy atom. The van der Waals surface area contributed by atoms with Gasteiger partial charge in [-0.15, -0.1) is 0 Å². The lowest BCUT2D eigenvalue weighted by Crippen LogP contribution is -2.42. The molecule has 184 valence electrons. The van der Waals surface area contributed by atoms with Crippen LogP contribution in [0.15, 0.2) is 72.8 Å². The molecular formula is C27H26N4O5. The van der Waals surface area contributed by atoms with Crippen LogP contribution < -0.4 is 20.7 Å². The van der Waals surface area contributed by atoms with Crippen molar-refractivity contribution in [3.05, 3.63) is 89.5 Å². The first-order valence-corrected chi connectivity index (χ1v) is 11.3. The van der Waals surface area contributed by atoms with Gasteiger partial charge in [-0.3, -0.25) is 19.3 Å². The second kappa shape index (κ2) is 9.91. The number of amides is 5. The van der Waals surface area contributed by atoms with Gasteiger partial charge in [0, 0.05) is 5.69 Å². The molecule has 1 atom stereocenters. The molecule has 3 N–H and O–H groups in total. The summed E-state index contributed by atoms with van der Waals surface area (Å²) in [5, 5.41) is 8.12. The van der Waals surface area contributed by atoms with E-state index < -0.39 is 35.8 Å². The lowest BCUT2D eigenvalue weighted by molar-refractivity contribution is -0.133. The van der Waals surface area contributed by atoms with E-state index in [2.05, 4.69) is 16.0 Å². The number of methoxy groups -OCH3 is 1. The van der Waals surface area contributed by atoms with Crippen LogP contribution in [0.4, 0.5) is 16.2 Å². The van der Waals surface area contributed by atoms with Crippen LogP contribution in [-0.2, 0) is 15.1 Å². The first-order chi connectivity index (χ1) is 17.2. The second-order valence-corrected chi connectivity index (χ2v) is 8.59. The molecule has 4 rings (SSSR count). The minimum absolute atomic E-state index is 0.243. The van der Waals surface area contributed by atoms with Gasteiger partial charge in [-0.1, -0.05) is 36.4 Å². The summed E-state index contributed by atoms with van der Waals surface area (Å²) in [7, 11) is 1.53. The third-order valence-electron chi connectivity index (χ3n) is 5.97. The predicted molar refractivity (Wildman–Crippen MR) is 135 cm³/mol. The van der Waals surface area contributed by atoms with E-state index in [0.29, 0.717) is 17.0 Å². The maximum Gasteiger partial charge on any atom is 0.325 e. The Kier molecular flexibility index (Phi) is 6.73. The highest BCUT2D eigenvalue weighted by molar-refractivity contribution is 6.12. The number of urea groups is 1. The van der Waals surface area contributed by atoms with Gasteiger partial charge in [-0.2, -0.15) is 0 Å². The van der Waals surface area contributed by atoms with Crippen LogP contribution in [0.2, 0.25) is 0 Å². The second-order valence-electron chi connectivity index (χ2n) is 8.59. The molecule has 0 spiro atoms. The number of nitrogens with zero attached hydrogens (tertiary/aromatic N) is 1. The van der Waals surface area contributed by atoms with Crippen LogP contribution in [0.1, 0.15) is 28.4 Å². The van der Waals surface area contributed by atoms with Gasteiger partial charge in [-0.25, -0.2) is 4.79 Å². The van der Waals surface area contributed by atoms with E-state index >= 15 is 0 Å². The SMILES string of the molecule is COc1ccc(C2(C)NC(=O)N(CC(=O)Nc3ccccc3C(=O)Nc3cccc(C)c3)C2=O)cc1. The molecule has 1 unspecified atom stereocenters. The highest BCUT2D eigenvalue weighted by atomic mass is 16.5. The van der Waals surface area contributed by atoms with Crippen LogP contribution >= 0.6 is 0 Å². The van der Waals surface area contributed by atoms with Gasteiger partial charge in [0.1, 0.15) is 17.8 Å². The van der Waals surface area contributed by atoms with Crippen molar-refractivity contribution in [2.75, 3.05) is 24.3 Å². The topological polar surface area (TPSA) is 117 Å². The van der Waals surface area contributed by atoms with Crippen molar-refractivity contribution in [1.29, 1.82) is 0 Å². The fraction of sp³-hybridized carbons (Fsp3) is 0.185. The van der Waals surface area contributed by atoms with Gasteiger partial charge in [0.05, 0.1) is 18.4 Å². The van der Waals surface area contributed by atoms with Crippen molar-refractivity contribution >= 4 is 35.1 Å². The number of anilines is 2. The molecule has 0 aromatic heterocycles. The molecule has 0 radical (unpaired) electrons. The highest BCUT2D eigenvalue weighted by Crippen LogP contribution is 2.30. The van der Waals surface area contributed by atoms with E-state index in [4.69, 9.17) is 4.74 Å². The Balaban J connectivity index is 1.47. The first kappa shape index (κ1) is 24.5. The number of carbonyl (C=O) groups excluding carboxylic acids is 4. The smallest absolute Gasteiger partial charge is 0.325 e. The number of imide groups is 1. The molecule has 9 nitrogen and oxygen atoms in total. The van der Waals surface area contributed by atoms with Gasteiger partial charge < -0.3 is 20.7 Å². The van der Waals surface area contributed by atoms with Crippen molar-refractivity contribution in [3.63, 3.8) is 0 Å². The molecule has 5 amide bonds. The summed E-state index contributed by atoms with van der Waals surface area (Å²) < 4.78 is 5.14. The zero-order chi connectivity index (χ0) is 25.9. The lowest BCUT2D eigenvalue weighted by atomic mass is 9.92. The summed E-state index contributed by atoms with van der Waals surface area (Å²) in [5.41, 5.74) is 1.35. The number of nitrogens with one attached hydrogen (secondary N) is 3. The van der Waals surface area contributed by atoms with Gasteiger partial charge in [0.15, 0.2) is 0 Å². The average molecular weight is 487 g/mol. The molecule has 0 saturated carbocycles. The summed E-state index contributed by atoms with van der Waals surface area (Å²) in [6, 6.07) is 19.9. The summed E-state index contributed by atoms with van der Waals surface area (Å²) in [6.07, 6.45) is 0. The van der Waals surface area contributed by atoms with Gasteiger partial charge in [0.25, 0.3) is 11.8 Å². The van der Waals surface area contributed by atoms with E-state index in [-0.39, 0.29) is 11.3 Å². The van der Waals surface area contributed by atoms with E-state index in [1.165, 1.54) is 7.11 Å². The molecule has 1 fully saturated rings. The Labute approximate surface area is 208 Å². The summed E-state index contributed by atoms with van der Waals surface area (Å²) in [6.45, 7) is 2.99. The van der Waals surface area contributed by atoms with Crippen molar-refractivity contribution < 1.29 is 23.9 Å². The number of rotatable bonds is 7. The largest absolute Gasteiger partial charge is 0.497 e. The van der Waals surface area contributed by atoms with Gasteiger partial charge in [-0.05, 0) is 61.4 Å². The molecule has 36 heavy (non-hydrogen) atoms. The Bertz CT molecular complexity index is 1340. The molecule has 0 bridgehead atoms. The number of hydrogen-bond donors (Lipinski definition) is 3. The van der Waals surface area contributed by atoms with E-state index in [0.717, 1.165) is 10.5 Å². The predicted octanol–water partition coefficient (Wildman–Crippen LogP) is 3.66. The van der Waals surface area contributed by atoms with Gasteiger partial charge in [0.2, 0.25) is 5.91 Å². The number of carbonyl (C=O) groups is 4. The molecule has 3 aromatic carbocycles. The highest BCUT2D eigenvalue weighted by Gasteiger charge is 2.49. The molecule has 9 heteroatoms. The van der Waals surface area contributed by atoms with Crippen LogP contribution in [0.5, 0.6) is 5.75 Å². The minimum Gasteiger partial charge on any atom is -0.497 e. The maximum absolute atomic E-state index is 13.2.